The van der Waals surface area contributed by atoms with Crippen molar-refractivity contribution in [3.63, 3.8) is 0 Å². The van der Waals surface area contributed by atoms with Crippen LogP contribution in [-0.2, 0) is 0 Å². The lowest BCUT2D eigenvalue weighted by Crippen LogP contribution is -2.30. The largest absolute Gasteiger partial charge is 0.320 e. The molecule has 1 N–H and O–H groups in total. The molecule has 3 amide bonds. The molecule has 4 aromatic rings. The molecule has 5 rings (SSSR count). The van der Waals surface area contributed by atoms with Crippen molar-refractivity contribution in [2.24, 2.45) is 0 Å². The Morgan fingerprint density at radius 2 is 1.67 bits per heavy atom. The maximum atomic E-state index is 13.2. The number of nitrogens with one attached hydrogen (secondary N) is 1. The number of imide groups is 1. The summed E-state index contributed by atoms with van der Waals surface area (Å²) in [6.45, 7) is 3.75. The molecule has 0 unspecified atom stereocenters. The lowest BCUT2D eigenvalue weighted by atomic mass is 10.1. The minimum absolute atomic E-state index is 0.207. The third-order valence-corrected chi connectivity index (χ3v) is 5.58. The highest BCUT2D eigenvalue weighted by atomic mass is 16.2. The van der Waals surface area contributed by atoms with E-state index in [2.05, 4.69) is 15.6 Å². The molecule has 1 aliphatic heterocycles. The predicted molar refractivity (Wildman–Crippen MR) is 123 cm³/mol. The quantitative estimate of drug-likeness (QED) is 0.488. The number of benzene rings is 3. The fourth-order valence-electron chi connectivity index (χ4n) is 3.87. The zero-order valence-corrected chi connectivity index (χ0v) is 17.9. The molecule has 2 heterocycles. The van der Waals surface area contributed by atoms with Crippen molar-refractivity contribution in [1.82, 2.24) is 15.0 Å². The van der Waals surface area contributed by atoms with Crippen LogP contribution < -0.4 is 10.2 Å². The highest BCUT2D eigenvalue weighted by Gasteiger charge is 2.37. The van der Waals surface area contributed by atoms with Crippen molar-refractivity contribution < 1.29 is 14.4 Å². The summed E-state index contributed by atoms with van der Waals surface area (Å²) in [7, 11) is 0. The third-order valence-electron chi connectivity index (χ3n) is 5.58. The third kappa shape index (κ3) is 3.47. The first-order valence-electron chi connectivity index (χ1n) is 10.3. The van der Waals surface area contributed by atoms with E-state index in [1.807, 2.05) is 38.1 Å². The molecule has 0 spiro atoms. The molecule has 8 heteroatoms. The fourth-order valence-corrected chi connectivity index (χ4v) is 3.87. The van der Waals surface area contributed by atoms with Gasteiger partial charge in [0.15, 0.2) is 0 Å². The molecular formula is C25H19N5O3. The van der Waals surface area contributed by atoms with Crippen molar-refractivity contribution in [1.29, 1.82) is 0 Å². The van der Waals surface area contributed by atoms with Gasteiger partial charge in [-0.05, 0) is 61.4 Å². The number of anilines is 2. The molecule has 0 aliphatic carbocycles. The van der Waals surface area contributed by atoms with Crippen molar-refractivity contribution in [3.05, 3.63) is 101 Å². The number of hydrogen-bond acceptors (Lipinski definition) is 5. The van der Waals surface area contributed by atoms with Crippen LogP contribution in [0.4, 0.5) is 11.4 Å². The number of carbonyl (C=O) groups excluding carboxylic acids is 3. The Bertz CT molecular complexity index is 1430. The lowest BCUT2D eigenvalue weighted by Gasteiger charge is -2.17. The lowest BCUT2D eigenvalue weighted by molar-refractivity contribution is 0.0925. The summed E-state index contributed by atoms with van der Waals surface area (Å²) in [4.78, 5) is 40.4. The number of amides is 3. The number of rotatable bonds is 4. The highest BCUT2D eigenvalue weighted by Crippen LogP contribution is 2.32. The first-order chi connectivity index (χ1) is 15.9. The summed E-state index contributed by atoms with van der Waals surface area (Å²) < 4.78 is 1.54. The number of aryl methyl sites for hydroxylation is 2. The van der Waals surface area contributed by atoms with E-state index in [0.717, 1.165) is 11.1 Å². The fraction of sp³-hybridized carbons (Fsp3) is 0.0800. The average molecular weight is 437 g/mol. The Morgan fingerprint density at radius 1 is 0.879 bits per heavy atom. The van der Waals surface area contributed by atoms with Gasteiger partial charge in [0.05, 0.1) is 40.6 Å². The highest BCUT2D eigenvalue weighted by molar-refractivity contribution is 6.35. The molecule has 0 saturated carbocycles. The Hall–Kier alpha value is -4.59. The Morgan fingerprint density at radius 3 is 2.45 bits per heavy atom. The summed E-state index contributed by atoms with van der Waals surface area (Å²) in [5.74, 6) is -1.25. The van der Waals surface area contributed by atoms with Gasteiger partial charge in [-0.3, -0.25) is 14.4 Å². The van der Waals surface area contributed by atoms with Crippen molar-refractivity contribution in [2.45, 2.75) is 13.8 Å². The second-order valence-electron chi connectivity index (χ2n) is 7.81. The number of fused-ring (bicyclic) bond motifs is 1. The summed E-state index contributed by atoms with van der Waals surface area (Å²) in [5, 5.41) is 10.6. The van der Waals surface area contributed by atoms with Gasteiger partial charge < -0.3 is 5.32 Å². The number of carbonyl (C=O) groups is 3. The van der Waals surface area contributed by atoms with Crippen LogP contribution in [0.5, 0.6) is 0 Å². The first-order valence-corrected chi connectivity index (χ1v) is 10.3. The van der Waals surface area contributed by atoms with E-state index < -0.39 is 17.7 Å². The number of para-hydroxylation sites is 2. The van der Waals surface area contributed by atoms with Gasteiger partial charge in [-0.15, -0.1) is 5.10 Å². The Balaban J connectivity index is 1.46. The second-order valence-corrected chi connectivity index (χ2v) is 7.81. The van der Waals surface area contributed by atoms with E-state index in [-0.39, 0.29) is 16.7 Å². The Labute approximate surface area is 189 Å². The van der Waals surface area contributed by atoms with E-state index in [1.54, 1.807) is 41.3 Å². The van der Waals surface area contributed by atoms with Gasteiger partial charge >= 0.3 is 0 Å². The molecule has 0 bridgehead atoms. The molecule has 162 valence electrons. The maximum Gasteiger partial charge on any atom is 0.266 e. The normalized spacial score (nSPS) is 12.7. The molecule has 3 aromatic carbocycles. The molecule has 0 saturated heterocycles. The van der Waals surface area contributed by atoms with Crippen molar-refractivity contribution in [3.8, 4) is 5.69 Å². The van der Waals surface area contributed by atoms with E-state index >= 15 is 0 Å². The molecular weight excluding hydrogens is 418 g/mol. The van der Waals surface area contributed by atoms with E-state index in [4.69, 9.17) is 0 Å². The summed E-state index contributed by atoms with van der Waals surface area (Å²) in [5.41, 5.74) is 4.25. The smallest absolute Gasteiger partial charge is 0.266 e. The zero-order valence-electron chi connectivity index (χ0n) is 17.9. The van der Waals surface area contributed by atoms with Crippen molar-refractivity contribution in [2.75, 3.05) is 10.2 Å². The van der Waals surface area contributed by atoms with Crippen LogP contribution in [0.1, 0.15) is 42.2 Å². The van der Waals surface area contributed by atoms with Gasteiger partial charge in [-0.2, -0.15) is 0 Å². The van der Waals surface area contributed by atoms with Gasteiger partial charge in [-0.1, -0.05) is 29.5 Å². The van der Waals surface area contributed by atoms with Crippen LogP contribution in [0.25, 0.3) is 5.69 Å². The average Bonchev–Trinajstić information content (AvgIpc) is 3.43. The molecule has 0 atom stereocenters. The minimum atomic E-state index is -0.443. The summed E-state index contributed by atoms with van der Waals surface area (Å²) in [6, 6.07) is 17.3. The molecule has 1 aromatic heterocycles. The molecule has 1 aliphatic rings. The van der Waals surface area contributed by atoms with E-state index in [0.29, 0.717) is 17.1 Å². The number of aromatic nitrogens is 3. The molecule has 33 heavy (non-hydrogen) atoms. The zero-order chi connectivity index (χ0) is 23.1. The maximum absolute atomic E-state index is 13.2. The first kappa shape index (κ1) is 20.3. The summed E-state index contributed by atoms with van der Waals surface area (Å²) in [6.07, 6.45) is 3.22. The van der Waals surface area contributed by atoms with Gasteiger partial charge in [0.1, 0.15) is 0 Å². The molecule has 0 fully saturated rings. The van der Waals surface area contributed by atoms with Crippen LogP contribution in [0.15, 0.2) is 73.1 Å². The van der Waals surface area contributed by atoms with Gasteiger partial charge in [0.2, 0.25) is 0 Å². The standard InChI is InChI=1S/C25H19N5O3/c1-15-7-8-16(2)22(13-15)30-24(32)18-10-9-17(14-19(18)25(30)33)23(31)27-20-5-3-4-6-21(20)29-12-11-26-28-29/h3-14H,1-2H3,(H,27,31). The predicted octanol–water partition coefficient (Wildman–Crippen LogP) is 3.94. The SMILES string of the molecule is Cc1ccc(C)c(N2C(=O)c3ccc(C(=O)Nc4ccccc4-n4ccnn4)cc3C2=O)c1. The topological polar surface area (TPSA) is 97.2 Å². The summed E-state index contributed by atoms with van der Waals surface area (Å²) >= 11 is 0. The van der Waals surface area contributed by atoms with Crippen LogP contribution in [0.2, 0.25) is 0 Å². The van der Waals surface area contributed by atoms with Gasteiger partial charge in [-0.25, -0.2) is 9.58 Å². The van der Waals surface area contributed by atoms with Gasteiger partial charge in [0.25, 0.3) is 17.7 Å². The minimum Gasteiger partial charge on any atom is -0.320 e. The second kappa shape index (κ2) is 7.83. The van der Waals surface area contributed by atoms with Crippen LogP contribution >= 0.6 is 0 Å². The van der Waals surface area contributed by atoms with E-state index in [1.165, 1.54) is 17.0 Å². The van der Waals surface area contributed by atoms with Crippen LogP contribution in [0.3, 0.4) is 0 Å². The van der Waals surface area contributed by atoms with Crippen LogP contribution in [0, 0.1) is 13.8 Å². The number of hydrogen-bond donors (Lipinski definition) is 1. The number of nitrogens with zero attached hydrogens (tertiary/aromatic N) is 4. The van der Waals surface area contributed by atoms with Crippen LogP contribution in [-0.4, -0.2) is 32.7 Å². The molecule has 0 radical (unpaired) electrons. The van der Waals surface area contributed by atoms with Gasteiger partial charge in [0, 0.05) is 5.56 Å². The van der Waals surface area contributed by atoms with Crippen molar-refractivity contribution >= 4 is 29.1 Å². The molecule has 8 nitrogen and oxygen atoms in total. The Kier molecular flexibility index (Phi) is 4.82. The monoisotopic (exact) mass is 437 g/mol. The van der Waals surface area contributed by atoms with E-state index in [9.17, 15) is 14.4 Å².